The summed E-state index contributed by atoms with van der Waals surface area (Å²) in [5, 5.41) is 5.04. The van der Waals surface area contributed by atoms with Crippen molar-refractivity contribution < 1.29 is 9.21 Å². The minimum Gasteiger partial charge on any atom is -0.467 e. The van der Waals surface area contributed by atoms with Crippen molar-refractivity contribution in [2.45, 2.75) is 39.8 Å². The molecule has 0 aliphatic rings. The molecule has 2 heterocycles. The highest BCUT2D eigenvalue weighted by Crippen LogP contribution is 2.15. The molecule has 5 heteroatoms. The number of hydrogen-bond acceptors (Lipinski definition) is 3. The van der Waals surface area contributed by atoms with Gasteiger partial charge in [-0.15, -0.1) is 11.3 Å². The maximum Gasteiger partial charge on any atom is 0.318 e. The van der Waals surface area contributed by atoms with E-state index in [2.05, 4.69) is 19.2 Å². The van der Waals surface area contributed by atoms with Crippen LogP contribution in [-0.4, -0.2) is 17.5 Å². The minimum atomic E-state index is -0.0337. The third-order valence-corrected chi connectivity index (χ3v) is 4.24. The van der Waals surface area contributed by atoms with Crippen molar-refractivity contribution in [1.82, 2.24) is 10.2 Å². The first-order valence-corrected chi connectivity index (χ1v) is 8.60. The van der Waals surface area contributed by atoms with Crippen LogP contribution in [0.3, 0.4) is 0 Å². The molecule has 4 nitrogen and oxygen atoms in total. The number of carbonyl (C=O) groups is 1. The van der Waals surface area contributed by atoms with E-state index < -0.39 is 0 Å². The third-order valence-electron chi connectivity index (χ3n) is 3.38. The molecule has 0 fully saturated rings. The van der Waals surface area contributed by atoms with Gasteiger partial charge in [0.05, 0.1) is 19.4 Å². The van der Waals surface area contributed by atoms with Crippen molar-refractivity contribution in [2.75, 3.05) is 6.54 Å². The Morgan fingerprint density at radius 2 is 2.18 bits per heavy atom. The van der Waals surface area contributed by atoms with Gasteiger partial charge in [0.25, 0.3) is 0 Å². The second-order valence-corrected chi connectivity index (χ2v) is 6.82. The first-order valence-electron chi connectivity index (χ1n) is 7.72. The third kappa shape index (κ3) is 5.56. The van der Waals surface area contributed by atoms with E-state index in [0.717, 1.165) is 25.1 Å². The topological polar surface area (TPSA) is 45.5 Å². The summed E-state index contributed by atoms with van der Waals surface area (Å²) in [4.78, 5) is 15.4. The number of furan rings is 1. The van der Waals surface area contributed by atoms with Crippen molar-refractivity contribution in [1.29, 1.82) is 0 Å². The maximum atomic E-state index is 12.4. The van der Waals surface area contributed by atoms with E-state index >= 15 is 0 Å². The predicted molar refractivity (Wildman–Crippen MR) is 89.7 cm³/mol. The largest absolute Gasteiger partial charge is 0.467 e. The number of hydrogen-bond donors (Lipinski definition) is 1. The van der Waals surface area contributed by atoms with Gasteiger partial charge in [-0.3, -0.25) is 0 Å². The van der Waals surface area contributed by atoms with E-state index in [-0.39, 0.29) is 6.03 Å². The Hall–Kier alpha value is -1.75. The summed E-state index contributed by atoms with van der Waals surface area (Å²) in [7, 11) is 0. The number of thiophene rings is 1. The van der Waals surface area contributed by atoms with Crippen molar-refractivity contribution in [3.8, 4) is 0 Å². The Kier molecular flexibility index (Phi) is 6.52. The van der Waals surface area contributed by atoms with Crippen molar-refractivity contribution in [3.63, 3.8) is 0 Å². The second kappa shape index (κ2) is 8.63. The Morgan fingerprint density at radius 3 is 2.82 bits per heavy atom. The molecule has 1 N–H and O–H groups in total. The van der Waals surface area contributed by atoms with E-state index in [4.69, 9.17) is 4.42 Å². The minimum absolute atomic E-state index is 0.0337. The lowest BCUT2D eigenvalue weighted by Crippen LogP contribution is -2.39. The molecular weight excluding hydrogens is 296 g/mol. The lowest BCUT2D eigenvalue weighted by Gasteiger charge is -2.21. The standard InChI is InChI=1S/C17H24N2O2S/c1-14(2)6-3-9-18-17(20)19(12-15-7-4-10-21-15)13-16-8-5-11-22-16/h4-5,7-8,10-11,14H,3,6,9,12-13H2,1-2H3,(H,18,20). The van der Waals surface area contributed by atoms with E-state index in [9.17, 15) is 4.79 Å². The van der Waals surface area contributed by atoms with Crippen LogP contribution in [0.5, 0.6) is 0 Å². The van der Waals surface area contributed by atoms with Crippen LogP contribution in [0.15, 0.2) is 40.3 Å². The molecule has 0 bridgehead atoms. The van der Waals surface area contributed by atoms with Gasteiger partial charge in [0.1, 0.15) is 5.76 Å². The zero-order valence-electron chi connectivity index (χ0n) is 13.2. The zero-order chi connectivity index (χ0) is 15.8. The SMILES string of the molecule is CC(C)CCCNC(=O)N(Cc1ccco1)Cc1cccs1. The quantitative estimate of drug-likeness (QED) is 0.728. The Labute approximate surface area is 136 Å². The van der Waals surface area contributed by atoms with Crippen molar-refractivity contribution in [3.05, 3.63) is 46.5 Å². The summed E-state index contributed by atoms with van der Waals surface area (Å²) >= 11 is 1.66. The molecule has 2 rings (SSSR count). The van der Waals surface area contributed by atoms with Crippen LogP contribution < -0.4 is 5.32 Å². The maximum absolute atomic E-state index is 12.4. The molecule has 0 spiro atoms. The van der Waals surface area contributed by atoms with Gasteiger partial charge in [-0.05, 0) is 42.3 Å². The van der Waals surface area contributed by atoms with E-state index in [1.807, 2.05) is 29.6 Å². The predicted octanol–water partition coefficient (Wildman–Crippen LogP) is 4.49. The molecule has 0 aromatic carbocycles. The summed E-state index contributed by atoms with van der Waals surface area (Å²) in [6.45, 7) is 6.20. The summed E-state index contributed by atoms with van der Waals surface area (Å²) in [6.07, 6.45) is 3.78. The highest BCUT2D eigenvalue weighted by atomic mass is 32.1. The molecule has 22 heavy (non-hydrogen) atoms. The molecule has 2 aromatic rings. The lowest BCUT2D eigenvalue weighted by atomic mass is 10.1. The fraction of sp³-hybridized carbons (Fsp3) is 0.471. The normalized spacial score (nSPS) is 10.9. The van der Waals surface area contributed by atoms with Crippen molar-refractivity contribution >= 4 is 17.4 Å². The number of rotatable bonds is 8. The van der Waals surface area contributed by atoms with Gasteiger partial charge in [-0.25, -0.2) is 4.79 Å². The van der Waals surface area contributed by atoms with Gasteiger partial charge < -0.3 is 14.6 Å². The van der Waals surface area contributed by atoms with Crippen LogP contribution in [-0.2, 0) is 13.1 Å². The summed E-state index contributed by atoms with van der Waals surface area (Å²) in [6, 6.07) is 7.76. The fourth-order valence-electron chi connectivity index (χ4n) is 2.20. The Bertz CT molecular complexity index is 499. The number of urea groups is 1. The molecule has 120 valence electrons. The highest BCUT2D eigenvalue weighted by Gasteiger charge is 2.16. The molecule has 2 amide bonds. The summed E-state index contributed by atoms with van der Waals surface area (Å²) in [5.41, 5.74) is 0. The van der Waals surface area contributed by atoms with E-state index in [0.29, 0.717) is 19.0 Å². The first kappa shape index (κ1) is 16.6. The first-order chi connectivity index (χ1) is 10.6. The molecule has 0 saturated carbocycles. The van der Waals surface area contributed by atoms with Gasteiger partial charge in [0, 0.05) is 11.4 Å². The van der Waals surface area contributed by atoms with E-state index in [1.165, 1.54) is 4.88 Å². The number of amides is 2. The van der Waals surface area contributed by atoms with Gasteiger partial charge >= 0.3 is 6.03 Å². The lowest BCUT2D eigenvalue weighted by molar-refractivity contribution is 0.187. The fourth-order valence-corrected chi connectivity index (χ4v) is 2.92. The van der Waals surface area contributed by atoms with Gasteiger partial charge in [0.15, 0.2) is 0 Å². The molecule has 0 saturated heterocycles. The van der Waals surface area contributed by atoms with Crippen LogP contribution in [0.4, 0.5) is 4.79 Å². The number of nitrogens with one attached hydrogen (secondary N) is 1. The number of nitrogens with zero attached hydrogens (tertiary/aromatic N) is 1. The van der Waals surface area contributed by atoms with Gasteiger partial charge in [-0.1, -0.05) is 19.9 Å². The monoisotopic (exact) mass is 320 g/mol. The zero-order valence-corrected chi connectivity index (χ0v) is 14.1. The molecule has 0 atom stereocenters. The molecule has 0 aliphatic heterocycles. The van der Waals surface area contributed by atoms with Gasteiger partial charge in [0.2, 0.25) is 0 Å². The van der Waals surface area contributed by atoms with Crippen molar-refractivity contribution in [2.24, 2.45) is 5.92 Å². The molecule has 2 aromatic heterocycles. The van der Waals surface area contributed by atoms with E-state index in [1.54, 1.807) is 22.5 Å². The smallest absolute Gasteiger partial charge is 0.318 e. The van der Waals surface area contributed by atoms with Crippen LogP contribution in [0.25, 0.3) is 0 Å². The summed E-state index contributed by atoms with van der Waals surface area (Å²) in [5.74, 6) is 1.47. The molecule has 0 radical (unpaired) electrons. The average Bonchev–Trinajstić information content (AvgIpc) is 3.16. The van der Waals surface area contributed by atoms with Crippen LogP contribution in [0.2, 0.25) is 0 Å². The molecular formula is C17H24N2O2S. The van der Waals surface area contributed by atoms with Crippen LogP contribution in [0, 0.1) is 5.92 Å². The summed E-state index contributed by atoms with van der Waals surface area (Å²) < 4.78 is 5.37. The Balaban J connectivity index is 1.89. The van der Waals surface area contributed by atoms with Crippen LogP contribution >= 0.6 is 11.3 Å². The van der Waals surface area contributed by atoms with Gasteiger partial charge in [-0.2, -0.15) is 0 Å². The molecule has 0 aliphatic carbocycles. The van der Waals surface area contributed by atoms with Crippen LogP contribution in [0.1, 0.15) is 37.3 Å². The number of carbonyl (C=O) groups excluding carboxylic acids is 1. The highest BCUT2D eigenvalue weighted by molar-refractivity contribution is 7.09. The molecule has 0 unspecified atom stereocenters. The second-order valence-electron chi connectivity index (χ2n) is 5.78. The average molecular weight is 320 g/mol. The Morgan fingerprint density at radius 1 is 1.32 bits per heavy atom.